The van der Waals surface area contributed by atoms with Crippen molar-refractivity contribution in [2.45, 2.75) is 19.9 Å². The standard InChI is InChI=1S/C12H16ClNO3/c1-7(2)11(12(15)16)14-10-5-4-8(17-3)6-9(10)13/h4-7,11,14H,1-3H3,(H,15,16). The van der Waals surface area contributed by atoms with Crippen molar-refractivity contribution in [3.05, 3.63) is 23.2 Å². The summed E-state index contributed by atoms with van der Waals surface area (Å²) in [6, 6.07) is 4.41. The topological polar surface area (TPSA) is 58.6 Å². The van der Waals surface area contributed by atoms with Gasteiger partial charge in [-0.2, -0.15) is 0 Å². The van der Waals surface area contributed by atoms with E-state index in [9.17, 15) is 4.79 Å². The highest BCUT2D eigenvalue weighted by Crippen LogP contribution is 2.27. The van der Waals surface area contributed by atoms with Crippen LogP contribution in [0.3, 0.4) is 0 Å². The molecule has 0 bridgehead atoms. The minimum absolute atomic E-state index is 0.0364. The summed E-state index contributed by atoms with van der Waals surface area (Å²) in [6.07, 6.45) is 0. The van der Waals surface area contributed by atoms with Crippen LogP contribution in [0.5, 0.6) is 5.75 Å². The van der Waals surface area contributed by atoms with Crippen LogP contribution in [-0.2, 0) is 4.79 Å². The van der Waals surface area contributed by atoms with Crippen molar-refractivity contribution in [1.29, 1.82) is 0 Å². The first-order chi connectivity index (χ1) is 7.95. The Balaban J connectivity index is 2.90. The van der Waals surface area contributed by atoms with Crippen LogP contribution in [0, 0.1) is 5.92 Å². The van der Waals surface area contributed by atoms with Gasteiger partial charge in [-0.15, -0.1) is 0 Å². The number of carboxylic acids is 1. The number of hydrogen-bond donors (Lipinski definition) is 2. The van der Waals surface area contributed by atoms with Crippen molar-refractivity contribution in [2.75, 3.05) is 12.4 Å². The van der Waals surface area contributed by atoms with E-state index < -0.39 is 12.0 Å². The SMILES string of the molecule is COc1ccc(NC(C(=O)O)C(C)C)c(Cl)c1. The van der Waals surface area contributed by atoms with Crippen molar-refractivity contribution in [3.8, 4) is 5.75 Å². The molecule has 0 spiro atoms. The molecule has 0 aliphatic carbocycles. The summed E-state index contributed by atoms with van der Waals surface area (Å²) in [6.45, 7) is 3.67. The van der Waals surface area contributed by atoms with E-state index in [1.54, 1.807) is 25.3 Å². The third-order valence-electron chi connectivity index (χ3n) is 2.42. The quantitative estimate of drug-likeness (QED) is 0.852. The van der Waals surface area contributed by atoms with Gasteiger partial charge in [-0.1, -0.05) is 25.4 Å². The maximum absolute atomic E-state index is 11.0. The van der Waals surface area contributed by atoms with E-state index in [2.05, 4.69) is 5.32 Å². The van der Waals surface area contributed by atoms with E-state index in [1.807, 2.05) is 13.8 Å². The van der Waals surface area contributed by atoms with E-state index in [0.29, 0.717) is 16.5 Å². The van der Waals surface area contributed by atoms with Crippen LogP contribution in [-0.4, -0.2) is 24.2 Å². The van der Waals surface area contributed by atoms with Crippen LogP contribution in [0.1, 0.15) is 13.8 Å². The van der Waals surface area contributed by atoms with E-state index >= 15 is 0 Å². The number of hydrogen-bond acceptors (Lipinski definition) is 3. The number of anilines is 1. The lowest BCUT2D eigenvalue weighted by Gasteiger charge is -2.20. The third-order valence-corrected chi connectivity index (χ3v) is 2.73. The van der Waals surface area contributed by atoms with Gasteiger partial charge in [0.1, 0.15) is 11.8 Å². The minimum atomic E-state index is -0.896. The van der Waals surface area contributed by atoms with E-state index in [0.717, 1.165) is 0 Å². The van der Waals surface area contributed by atoms with Gasteiger partial charge in [-0.05, 0) is 18.1 Å². The molecule has 4 nitrogen and oxygen atoms in total. The maximum atomic E-state index is 11.0. The fraction of sp³-hybridized carbons (Fsp3) is 0.417. The zero-order valence-electron chi connectivity index (χ0n) is 10.0. The Bertz CT molecular complexity index is 407. The van der Waals surface area contributed by atoms with Gasteiger partial charge >= 0.3 is 5.97 Å². The lowest BCUT2D eigenvalue weighted by molar-refractivity contribution is -0.138. The van der Waals surface area contributed by atoms with Gasteiger partial charge in [-0.25, -0.2) is 4.79 Å². The Morgan fingerprint density at radius 2 is 2.12 bits per heavy atom. The van der Waals surface area contributed by atoms with Crippen molar-refractivity contribution in [3.63, 3.8) is 0 Å². The van der Waals surface area contributed by atoms with Crippen LogP contribution in [0.15, 0.2) is 18.2 Å². The lowest BCUT2D eigenvalue weighted by atomic mass is 10.0. The average Bonchev–Trinajstić information content (AvgIpc) is 2.26. The fourth-order valence-electron chi connectivity index (χ4n) is 1.42. The summed E-state index contributed by atoms with van der Waals surface area (Å²) in [5, 5.41) is 12.4. The van der Waals surface area contributed by atoms with Gasteiger partial charge in [0, 0.05) is 6.07 Å². The number of halogens is 1. The third kappa shape index (κ3) is 3.53. The Hall–Kier alpha value is -1.42. The van der Waals surface area contributed by atoms with Crippen LogP contribution < -0.4 is 10.1 Å². The number of rotatable bonds is 5. The highest BCUT2D eigenvalue weighted by Gasteiger charge is 2.21. The molecular formula is C12H16ClNO3. The second-order valence-electron chi connectivity index (χ2n) is 4.05. The molecule has 0 aromatic heterocycles. The molecule has 1 unspecified atom stereocenters. The van der Waals surface area contributed by atoms with Gasteiger partial charge in [0.2, 0.25) is 0 Å². The molecule has 0 saturated heterocycles. The fourth-order valence-corrected chi connectivity index (χ4v) is 1.65. The minimum Gasteiger partial charge on any atom is -0.497 e. The summed E-state index contributed by atoms with van der Waals surface area (Å²) < 4.78 is 5.02. The van der Waals surface area contributed by atoms with Crippen LogP contribution in [0.2, 0.25) is 5.02 Å². The van der Waals surface area contributed by atoms with E-state index in [1.165, 1.54) is 0 Å². The van der Waals surface area contributed by atoms with Crippen molar-refractivity contribution in [2.24, 2.45) is 5.92 Å². The lowest BCUT2D eigenvalue weighted by Crippen LogP contribution is -2.34. The number of nitrogens with one attached hydrogen (secondary N) is 1. The Labute approximate surface area is 106 Å². The summed E-state index contributed by atoms with van der Waals surface area (Å²) in [4.78, 5) is 11.0. The van der Waals surface area contributed by atoms with Crippen LogP contribution >= 0.6 is 11.6 Å². The molecule has 0 saturated carbocycles. The molecule has 1 aromatic carbocycles. The Kier molecular flexibility index (Phi) is 4.63. The number of ether oxygens (including phenoxy) is 1. The predicted molar refractivity (Wildman–Crippen MR) is 67.9 cm³/mol. The second kappa shape index (κ2) is 5.77. The summed E-state index contributed by atoms with van der Waals surface area (Å²) in [7, 11) is 1.55. The van der Waals surface area contributed by atoms with Gasteiger partial charge < -0.3 is 15.2 Å². The first-order valence-corrected chi connectivity index (χ1v) is 5.66. The highest BCUT2D eigenvalue weighted by molar-refractivity contribution is 6.33. The molecule has 1 aromatic rings. The van der Waals surface area contributed by atoms with Gasteiger partial charge in [0.15, 0.2) is 0 Å². The van der Waals surface area contributed by atoms with E-state index in [-0.39, 0.29) is 5.92 Å². The number of carbonyl (C=O) groups is 1. The summed E-state index contributed by atoms with van der Waals surface area (Å²) in [5.41, 5.74) is 0.591. The zero-order chi connectivity index (χ0) is 13.0. The zero-order valence-corrected chi connectivity index (χ0v) is 10.8. The molecule has 2 N–H and O–H groups in total. The van der Waals surface area contributed by atoms with E-state index in [4.69, 9.17) is 21.4 Å². The number of carboxylic acid groups (broad SMARTS) is 1. The molecule has 5 heteroatoms. The normalized spacial score (nSPS) is 12.3. The van der Waals surface area contributed by atoms with Gasteiger partial charge in [0.05, 0.1) is 17.8 Å². The molecule has 1 rings (SSSR count). The van der Waals surface area contributed by atoms with Crippen LogP contribution in [0.25, 0.3) is 0 Å². The average molecular weight is 258 g/mol. The van der Waals surface area contributed by atoms with Gasteiger partial charge in [0.25, 0.3) is 0 Å². The van der Waals surface area contributed by atoms with Crippen molar-refractivity contribution < 1.29 is 14.6 Å². The van der Waals surface area contributed by atoms with Crippen molar-refractivity contribution >= 4 is 23.3 Å². The molecule has 0 aliphatic rings. The molecular weight excluding hydrogens is 242 g/mol. The number of aliphatic carboxylic acids is 1. The Morgan fingerprint density at radius 1 is 1.47 bits per heavy atom. The molecule has 0 radical (unpaired) electrons. The predicted octanol–water partition coefficient (Wildman–Crippen LogP) is 2.87. The number of benzene rings is 1. The molecule has 94 valence electrons. The van der Waals surface area contributed by atoms with Crippen molar-refractivity contribution in [1.82, 2.24) is 0 Å². The molecule has 0 aliphatic heterocycles. The summed E-state index contributed by atoms with van der Waals surface area (Å²) in [5.74, 6) is -0.297. The first-order valence-electron chi connectivity index (χ1n) is 5.28. The highest BCUT2D eigenvalue weighted by atomic mass is 35.5. The maximum Gasteiger partial charge on any atom is 0.326 e. The monoisotopic (exact) mass is 257 g/mol. The molecule has 1 atom stereocenters. The molecule has 0 amide bonds. The first kappa shape index (κ1) is 13.6. The van der Waals surface area contributed by atoms with Gasteiger partial charge in [-0.3, -0.25) is 0 Å². The summed E-state index contributed by atoms with van der Waals surface area (Å²) >= 11 is 6.03. The molecule has 0 fully saturated rings. The molecule has 0 heterocycles. The van der Waals surface area contributed by atoms with Crippen LogP contribution in [0.4, 0.5) is 5.69 Å². The largest absolute Gasteiger partial charge is 0.497 e. The number of methoxy groups -OCH3 is 1. The Morgan fingerprint density at radius 3 is 2.53 bits per heavy atom. The smallest absolute Gasteiger partial charge is 0.326 e. The molecule has 17 heavy (non-hydrogen) atoms. The second-order valence-corrected chi connectivity index (χ2v) is 4.46.